The average Bonchev–Trinajstić information content (AvgIpc) is 2.24. The Bertz CT molecular complexity index is 363. The molecule has 0 spiro atoms. The quantitative estimate of drug-likeness (QED) is 0.808. The molecule has 0 radical (unpaired) electrons. The Balaban J connectivity index is 3.03. The number of ether oxygens (including phenoxy) is 1. The molecule has 0 heterocycles. The van der Waals surface area contributed by atoms with E-state index < -0.39 is 18.7 Å². The minimum atomic E-state index is -4.24. The molecular formula is C12H16F3NO. The smallest absolute Gasteiger partial charge is 0.377 e. The maximum atomic E-state index is 12.4. The van der Waals surface area contributed by atoms with Crippen molar-refractivity contribution in [2.45, 2.75) is 18.7 Å². The van der Waals surface area contributed by atoms with Gasteiger partial charge in [0.1, 0.15) is 0 Å². The third-order valence-corrected chi connectivity index (χ3v) is 2.47. The van der Waals surface area contributed by atoms with Crippen molar-refractivity contribution in [3.63, 3.8) is 0 Å². The van der Waals surface area contributed by atoms with Crippen molar-refractivity contribution in [3.8, 4) is 0 Å². The van der Waals surface area contributed by atoms with Gasteiger partial charge in [-0.15, -0.1) is 0 Å². The molecule has 0 aliphatic heterocycles. The Morgan fingerprint density at radius 1 is 1.24 bits per heavy atom. The largest absolute Gasteiger partial charge is 0.391 e. The minimum absolute atomic E-state index is 0.553. The molecule has 2 nitrogen and oxygen atoms in total. The van der Waals surface area contributed by atoms with Gasteiger partial charge >= 0.3 is 6.18 Å². The van der Waals surface area contributed by atoms with Crippen LogP contribution in [0.2, 0.25) is 0 Å². The zero-order valence-corrected chi connectivity index (χ0v) is 10.1. The van der Waals surface area contributed by atoms with Crippen molar-refractivity contribution in [2.75, 3.05) is 26.1 Å². The van der Waals surface area contributed by atoms with Gasteiger partial charge in [0, 0.05) is 32.5 Å². The van der Waals surface area contributed by atoms with Crippen molar-refractivity contribution >= 4 is 5.69 Å². The Labute approximate surface area is 99.0 Å². The zero-order valence-electron chi connectivity index (χ0n) is 10.1. The van der Waals surface area contributed by atoms with Crippen LogP contribution < -0.4 is 4.90 Å². The molecule has 1 atom stereocenters. The number of halogens is 3. The Morgan fingerprint density at radius 2 is 1.82 bits per heavy atom. The molecule has 0 aliphatic rings. The number of anilines is 1. The fourth-order valence-corrected chi connectivity index (χ4v) is 1.70. The Hall–Kier alpha value is -1.23. The predicted molar refractivity (Wildman–Crippen MR) is 61.2 cm³/mol. The first-order chi connectivity index (χ1) is 7.85. The second-order valence-electron chi connectivity index (χ2n) is 4.00. The second-order valence-corrected chi connectivity index (χ2v) is 4.00. The lowest BCUT2D eigenvalue weighted by atomic mass is 10.0. The third kappa shape index (κ3) is 3.93. The van der Waals surface area contributed by atoms with Gasteiger partial charge in [-0.3, -0.25) is 0 Å². The molecule has 0 fully saturated rings. The minimum Gasteiger partial charge on any atom is -0.377 e. The molecule has 0 aliphatic carbocycles. The summed E-state index contributed by atoms with van der Waals surface area (Å²) in [5.74, 6) is 0. The Kier molecular flexibility index (Phi) is 4.40. The second kappa shape index (κ2) is 5.40. The molecule has 0 N–H and O–H groups in total. The molecule has 1 aromatic rings. The van der Waals surface area contributed by atoms with Crippen LogP contribution in [-0.4, -0.2) is 27.4 Å². The van der Waals surface area contributed by atoms with Crippen molar-refractivity contribution < 1.29 is 17.9 Å². The number of alkyl halides is 3. The first-order valence-corrected chi connectivity index (χ1v) is 5.21. The van der Waals surface area contributed by atoms with Gasteiger partial charge in [0.2, 0.25) is 0 Å². The fourth-order valence-electron chi connectivity index (χ4n) is 1.70. The number of benzene rings is 1. The van der Waals surface area contributed by atoms with E-state index in [1.807, 2.05) is 0 Å². The van der Waals surface area contributed by atoms with Crippen LogP contribution in [0.1, 0.15) is 18.1 Å². The van der Waals surface area contributed by atoms with Gasteiger partial charge in [0.15, 0.2) is 0 Å². The van der Waals surface area contributed by atoms with E-state index in [0.29, 0.717) is 5.56 Å². The standard InChI is InChI=1S/C12H16F3NO/c1-16(2)10-7-5-4-6-9(10)11(17-3)8-12(13,14)15/h4-7,11H,8H2,1-3H3. The van der Waals surface area contributed by atoms with Crippen LogP contribution >= 0.6 is 0 Å². The summed E-state index contributed by atoms with van der Waals surface area (Å²) in [6.45, 7) is 0. The van der Waals surface area contributed by atoms with Gasteiger partial charge in [-0.25, -0.2) is 0 Å². The van der Waals surface area contributed by atoms with Crippen molar-refractivity contribution in [3.05, 3.63) is 29.8 Å². The van der Waals surface area contributed by atoms with Gasteiger partial charge in [-0.05, 0) is 6.07 Å². The summed E-state index contributed by atoms with van der Waals surface area (Å²) in [6.07, 6.45) is -6.18. The van der Waals surface area contributed by atoms with Crippen molar-refractivity contribution in [1.29, 1.82) is 0 Å². The highest BCUT2D eigenvalue weighted by atomic mass is 19.4. The highest BCUT2D eigenvalue weighted by Crippen LogP contribution is 2.35. The molecule has 1 rings (SSSR count). The van der Waals surface area contributed by atoms with E-state index in [1.165, 1.54) is 7.11 Å². The maximum absolute atomic E-state index is 12.4. The number of hydrogen-bond acceptors (Lipinski definition) is 2. The molecule has 17 heavy (non-hydrogen) atoms. The van der Waals surface area contributed by atoms with Crippen molar-refractivity contribution in [1.82, 2.24) is 0 Å². The molecule has 1 aromatic carbocycles. The first-order valence-electron chi connectivity index (χ1n) is 5.21. The number of para-hydroxylation sites is 1. The molecule has 0 saturated heterocycles. The zero-order chi connectivity index (χ0) is 13.1. The third-order valence-electron chi connectivity index (χ3n) is 2.47. The molecule has 1 unspecified atom stereocenters. The summed E-state index contributed by atoms with van der Waals surface area (Å²) >= 11 is 0. The molecule has 5 heteroatoms. The van der Waals surface area contributed by atoms with Gasteiger partial charge in [0.05, 0.1) is 12.5 Å². The topological polar surface area (TPSA) is 12.5 Å². The Morgan fingerprint density at radius 3 is 2.29 bits per heavy atom. The van der Waals surface area contributed by atoms with Crippen LogP contribution in [0.3, 0.4) is 0 Å². The van der Waals surface area contributed by atoms with Gasteiger partial charge in [-0.1, -0.05) is 18.2 Å². The van der Waals surface area contributed by atoms with E-state index in [2.05, 4.69) is 0 Å². The van der Waals surface area contributed by atoms with Crippen LogP contribution in [-0.2, 0) is 4.74 Å². The van der Waals surface area contributed by atoms with E-state index in [9.17, 15) is 13.2 Å². The van der Waals surface area contributed by atoms with Crippen molar-refractivity contribution in [2.24, 2.45) is 0 Å². The van der Waals surface area contributed by atoms with Gasteiger partial charge < -0.3 is 9.64 Å². The van der Waals surface area contributed by atoms with E-state index >= 15 is 0 Å². The number of rotatable bonds is 4. The van der Waals surface area contributed by atoms with Crippen LogP contribution in [0, 0.1) is 0 Å². The highest BCUT2D eigenvalue weighted by Gasteiger charge is 2.33. The summed E-state index contributed by atoms with van der Waals surface area (Å²) < 4.78 is 42.2. The highest BCUT2D eigenvalue weighted by molar-refractivity contribution is 5.53. The molecule has 0 bridgehead atoms. The normalized spacial score (nSPS) is 13.5. The lowest BCUT2D eigenvalue weighted by molar-refractivity contribution is -0.158. The summed E-state index contributed by atoms with van der Waals surface area (Å²) in [7, 11) is 4.88. The van der Waals surface area contributed by atoms with Crippen LogP contribution in [0.5, 0.6) is 0 Å². The van der Waals surface area contributed by atoms with E-state index in [4.69, 9.17) is 4.74 Å². The SMILES string of the molecule is COC(CC(F)(F)F)c1ccccc1N(C)C. The average molecular weight is 247 g/mol. The maximum Gasteiger partial charge on any atom is 0.391 e. The molecule has 0 amide bonds. The summed E-state index contributed by atoms with van der Waals surface area (Å²) in [5, 5.41) is 0. The van der Waals surface area contributed by atoms with Crippen LogP contribution in [0.4, 0.5) is 18.9 Å². The molecular weight excluding hydrogens is 231 g/mol. The number of hydrogen-bond donors (Lipinski definition) is 0. The summed E-state index contributed by atoms with van der Waals surface area (Å²) in [5.41, 5.74) is 1.29. The molecule has 0 aromatic heterocycles. The van der Waals surface area contributed by atoms with E-state index in [-0.39, 0.29) is 0 Å². The van der Waals surface area contributed by atoms with Gasteiger partial charge in [0.25, 0.3) is 0 Å². The summed E-state index contributed by atoms with van der Waals surface area (Å²) in [6, 6.07) is 6.94. The van der Waals surface area contributed by atoms with Crippen LogP contribution in [0.25, 0.3) is 0 Å². The lowest BCUT2D eigenvalue weighted by Gasteiger charge is -2.23. The monoisotopic (exact) mass is 247 g/mol. The lowest BCUT2D eigenvalue weighted by Crippen LogP contribution is -2.18. The van der Waals surface area contributed by atoms with E-state index in [1.54, 1.807) is 43.3 Å². The summed E-state index contributed by atoms with van der Waals surface area (Å²) in [4.78, 5) is 1.78. The molecule has 0 saturated carbocycles. The fraction of sp³-hybridized carbons (Fsp3) is 0.500. The van der Waals surface area contributed by atoms with Crippen LogP contribution in [0.15, 0.2) is 24.3 Å². The van der Waals surface area contributed by atoms with Gasteiger partial charge in [-0.2, -0.15) is 13.2 Å². The number of nitrogens with zero attached hydrogens (tertiary/aromatic N) is 1. The predicted octanol–water partition coefficient (Wildman–Crippen LogP) is 3.39. The first kappa shape index (κ1) is 13.8. The molecule has 96 valence electrons. The number of methoxy groups -OCH3 is 1. The van der Waals surface area contributed by atoms with E-state index in [0.717, 1.165) is 5.69 Å².